The summed E-state index contributed by atoms with van der Waals surface area (Å²) in [4.78, 5) is 11.6. The molecule has 0 heterocycles. The zero-order valence-corrected chi connectivity index (χ0v) is 11.2. The number of methoxy groups -OCH3 is 1. The van der Waals surface area contributed by atoms with Crippen molar-refractivity contribution in [1.29, 1.82) is 0 Å². The third-order valence-corrected chi connectivity index (χ3v) is 5.11. The Morgan fingerprint density at radius 3 is 2.39 bits per heavy atom. The molecule has 0 saturated heterocycles. The molecule has 100 valence electrons. The van der Waals surface area contributed by atoms with Crippen LogP contribution < -0.4 is 0 Å². The largest absolute Gasteiger partial charge is 0.466 e. The van der Waals surface area contributed by atoms with Crippen LogP contribution in [0.4, 0.5) is 0 Å². The minimum Gasteiger partial charge on any atom is -0.466 e. The van der Waals surface area contributed by atoms with Crippen LogP contribution in [0.5, 0.6) is 0 Å². The summed E-state index contributed by atoms with van der Waals surface area (Å²) in [5.74, 6) is 1.06. The first-order valence-corrected chi connectivity index (χ1v) is 6.94. The topological polar surface area (TPSA) is 46.5 Å². The van der Waals surface area contributed by atoms with Crippen LogP contribution >= 0.6 is 0 Å². The van der Waals surface area contributed by atoms with Crippen molar-refractivity contribution in [3.63, 3.8) is 0 Å². The number of hydrogen-bond donors (Lipinski definition) is 1. The van der Waals surface area contributed by atoms with Crippen LogP contribution in [0, 0.1) is 17.3 Å². The molecule has 4 fully saturated rings. The molecule has 3 nitrogen and oxygen atoms in total. The lowest BCUT2D eigenvalue weighted by Gasteiger charge is -2.59. The highest BCUT2D eigenvalue weighted by atomic mass is 16.5. The van der Waals surface area contributed by atoms with Crippen LogP contribution in [0.3, 0.4) is 0 Å². The maximum absolute atomic E-state index is 11.6. The van der Waals surface area contributed by atoms with Crippen molar-refractivity contribution in [2.24, 2.45) is 17.3 Å². The van der Waals surface area contributed by atoms with E-state index in [0.717, 1.165) is 32.1 Å². The van der Waals surface area contributed by atoms with Gasteiger partial charge in [0.15, 0.2) is 0 Å². The molecule has 0 aromatic rings. The van der Waals surface area contributed by atoms with Gasteiger partial charge in [0.2, 0.25) is 0 Å². The molecule has 2 atom stereocenters. The fourth-order valence-electron chi connectivity index (χ4n) is 5.13. The van der Waals surface area contributed by atoms with E-state index in [-0.39, 0.29) is 11.4 Å². The number of carbonyl (C=O) groups is 1. The zero-order valence-electron chi connectivity index (χ0n) is 11.2. The SMILES string of the molecule is COC(=O)/C(C)=C/C12CC3CC(CC(O)(C3)C1)C2. The van der Waals surface area contributed by atoms with Crippen LogP contribution in [0.15, 0.2) is 11.6 Å². The first-order valence-electron chi connectivity index (χ1n) is 6.94. The van der Waals surface area contributed by atoms with Gasteiger partial charge in [0.1, 0.15) is 0 Å². The number of allylic oxidation sites excluding steroid dienone is 1. The number of carbonyl (C=O) groups excluding carboxylic acids is 1. The quantitative estimate of drug-likeness (QED) is 0.605. The highest BCUT2D eigenvalue weighted by Gasteiger charge is 2.56. The molecule has 0 aromatic heterocycles. The molecule has 4 rings (SSSR count). The lowest BCUT2D eigenvalue weighted by Crippen LogP contribution is -2.55. The van der Waals surface area contributed by atoms with Crippen molar-refractivity contribution in [2.75, 3.05) is 7.11 Å². The van der Waals surface area contributed by atoms with E-state index in [2.05, 4.69) is 6.08 Å². The minimum atomic E-state index is -0.461. The van der Waals surface area contributed by atoms with Gasteiger partial charge in [-0.3, -0.25) is 0 Å². The summed E-state index contributed by atoms with van der Waals surface area (Å²) in [5.41, 5.74) is 0.289. The Balaban J connectivity index is 1.89. The molecular weight excluding hydrogens is 228 g/mol. The van der Waals surface area contributed by atoms with Gasteiger partial charge >= 0.3 is 5.97 Å². The van der Waals surface area contributed by atoms with Crippen molar-refractivity contribution in [1.82, 2.24) is 0 Å². The Bertz CT molecular complexity index is 396. The molecule has 1 N–H and O–H groups in total. The molecule has 0 amide bonds. The molecular formula is C15H22O3. The van der Waals surface area contributed by atoms with E-state index in [1.807, 2.05) is 6.92 Å². The van der Waals surface area contributed by atoms with E-state index < -0.39 is 5.60 Å². The predicted octanol–water partition coefficient (Wildman–Crippen LogP) is 2.44. The molecule has 0 aromatic carbocycles. The molecule has 4 aliphatic carbocycles. The molecule has 0 radical (unpaired) electrons. The molecule has 4 saturated carbocycles. The third-order valence-electron chi connectivity index (χ3n) is 5.11. The highest BCUT2D eigenvalue weighted by molar-refractivity contribution is 5.87. The average molecular weight is 250 g/mol. The molecule has 0 aliphatic heterocycles. The van der Waals surface area contributed by atoms with Crippen molar-refractivity contribution in [3.05, 3.63) is 11.6 Å². The second-order valence-electron chi connectivity index (χ2n) is 6.87. The lowest BCUT2D eigenvalue weighted by atomic mass is 9.48. The van der Waals surface area contributed by atoms with Gasteiger partial charge in [0.25, 0.3) is 0 Å². The molecule has 4 aliphatic rings. The van der Waals surface area contributed by atoms with Gasteiger partial charge in [0.05, 0.1) is 12.7 Å². The van der Waals surface area contributed by atoms with Gasteiger partial charge < -0.3 is 9.84 Å². The van der Waals surface area contributed by atoms with Crippen molar-refractivity contribution < 1.29 is 14.6 Å². The van der Waals surface area contributed by atoms with Gasteiger partial charge in [-0.1, -0.05) is 6.08 Å². The van der Waals surface area contributed by atoms with E-state index in [0.29, 0.717) is 17.4 Å². The fourth-order valence-corrected chi connectivity index (χ4v) is 5.13. The summed E-state index contributed by atoms with van der Waals surface area (Å²) in [6.45, 7) is 1.83. The Labute approximate surface area is 108 Å². The molecule has 2 unspecified atom stereocenters. The Morgan fingerprint density at radius 1 is 1.28 bits per heavy atom. The molecule has 18 heavy (non-hydrogen) atoms. The van der Waals surface area contributed by atoms with Crippen LogP contribution in [-0.4, -0.2) is 23.8 Å². The van der Waals surface area contributed by atoms with E-state index >= 15 is 0 Å². The number of esters is 1. The zero-order chi connectivity index (χ0) is 13.0. The average Bonchev–Trinajstić information content (AvgIpc) is 2.23. The Hall–Kier alpha value is -0.830. The van der Waals surface area contributed by atoms with Crippen LogP contribution in [-0.2, 0) is 9.53 Å². The number of ether oxygens (including phenoxy) is 1. The Morgan fingerprint density at radius 2 is 1.89 bits per heavy atom. The molecule has 0 spiro atoms. The van der Waals surface area contributed by atoms with Gasteiger partial charge in [-0.15, -0.1) is 0 Å². The minimum absolute atomic E-state index is 0.0527. The van der Waals surface area contributed by atoms with Gasteiger partial charge in [-0.05, 0) is 62.7 Å². The maximum atomic E-state index is 11.6. The van der Waals surface area contributed by atoms with E-state index in [1.165, 1.54) is 13.5 Å². The number of rotatable bonds is 2. The maximum Gasteiger partial charge on any atom is 0.333 e. The second-order valence-corrected chi connectivity index (χ2v) is 6.87. The van der Waals surface area contributed by atoms with Crippen LogP contribution in [0.2, 0.25) is 0 Å². The summed E-state index contributed by atoms with van der Waals surface area (Å²) in [6, 6.07) is 0. The summed E-state index contributed by atoms with van der Waals surface area (Å²) in [5, 5.41) is 10.6. The van der Waals surface area contributed by atoms with E-state index in [4.69, 9.17) is 4.74 Å². The molecule has 3 heteroatoms. The first kappa shape index (κ1) is 12.2. The van der Waals surface area contributed by atoms with Crippen LogP contribution in [0.25, 0.3) is 0 Å². The number of hydrogen-bond acceptors (Lipinski definition) is 3. The fraction of sp³-hybridized carbons (Fsp3) is 0.800. The number of aliphatic hydroxyl groups is 1. The lowest BCUT2D eigenvalue weighted by molar-refractivity contribution is -0.149. The highest BCUT2D eigenvalue weighted by Crippen LogP contribution is 2.62. The van der Waals surface area contributed by atoms with Gasteiger partial charge in [-0.2, -0.15) is 0 Å². The molecule has 4 bridgehead atoms. The van der Waals surface area contributed by atoms with Crippen molar-refractivity contribution in [3.8, 4) is 0 Å². The van der Waals surface area contributed by atoms with E-state index in [9.17, 15) is 9.90 Å². The predicted molar refractivity (Wildman–Crippen MR) is 67.8 cm³/mol. The summed E-state index contributed by atoms with van der Waals surface area (Å²) in [6.07, 6.45) is 8.42. The summed E-state index contributed by atoms with van der Waals surface area (Å²) in [7, 11) is 1.42. The Kier molecular flexibility index (Phi) is 2.60. The normalized spacial score (nSPS) is 46.3. The smallest absolute Gasteiger partial charge is 0.333 e. The van der Waals surface area contributed by atoms with Gasteiger partial charge in [-0.25, -0.2) is 4.79 Å². The third kappa shape index (κ3) is 1.89. The van der Waals surface area contributed by atoms with Crippen molar-refractivity contribution in [2.45, 2.75) is 51.0 Å². The first-order chi connectivity index (χ1) is 8.44. The van der Waals surface area contributed by atoms with Gasteiger partial charge in [0, 0.05) is 5.57 Å². The van der Waals surface area contributed by atoms with Crippen molar-refractivity contribution >= 4 is 5.97 Å². The standard InChI is InChI=1S/C15H22O3/c1-10(13(16)18-2)4-14-5-11-3-12(6-14)8-15(17,7-11)9-14/h4,11-12,17H,3,5-9H2,1-2H3/b10-4+. The monoisotopic (exact) mass is 250 g/mol. The van der Waals surface area contributed by atoms with E-state index in [1.54, 1.807) is 0 Å². The second kappa shape index (κ2) is 3.83. The summed E-state index contributed by atoms with van der Waals surface area (Å²) < 4.78 is 4.78. The summed E-state index contributed by atoms with van der Waals surface area (Å²) >= 11 is 0. The van der Waals surface area contributed by atoms with Crippen LogP contribution in [0.1, 0.15) is 45.4 Å².